The molecule has 100 valence electrons. The fraction of sp³-hybridized carbons (Fsp3) is 0.462. The summed E-state index contributed by atoms with van der Waals surface area (Å²) in [5, 5.41) is 3.27. The first kappa shape index (κ1) is 14.7. The molecule has 0 heterocycles. The number of hydrogen-bond acceptors (Lipinski definition) is 4. The number of carbonyl (C=O) groups excluding carboxylic acids is 1. The molecule has 0 fully saturated rings. The van der Waals surface area contributed by atoms with E-state index in [9.17, 15) is 4.79 Å². The summed E-state index contributed by atoms with van der Waals surface area (Å²) in [6.45, 7) is 0.866. The molecule has 1 aromatic carbocycles. The normalized spacial score (nSPS) is 10.2. The van der Waals surface area contributed by atoms with Gasteiger partial charge in [-0.2, -0.15) is 11.8 Å². The summed E-state index contributed by atoms with van der Waals surface area (Å²) in [5.74, 6) is 1.10. The number of hydrogen-bond donors (Lipinski definition) is 2. The number of thioether (sulfide) groups is 1. The molecule has 0 atom stereocenters. The standard InChI is InChI=1S/C13H21N3OS/c1-16(2)13(17)10-5-6-11(14)12(9-10)15-7-4-8-18-3/h5-6,9,15H,4,7-8,14H2,1-3H3. The molecular weight excluding hydrogens is 246 g/mol. The average molecular weight is 267 g/mol. The third-order valence-corrected chi connectivity index (χ3v) is 3.24. The molecule has 0 aliphatic heterocycles. The number of nitrogens with one attached hydrogen (secondary N) is 1. The molecule has 0 bridgehead atoms. The lowest BCUT2D eigenvalue weighted by atomic mass is 10.1. The summed E-state index contributed by atoms with van der Waals surface area (Å²) in [5.41, 5.74) is 8.05. The molecule has 18 heavy (non-hydrogen) atoms. The third kappa shape index (κ3) is 4.14. The van der Waals surface area contributed by atoms with Gasteiger partial charge in [0.1, 0.15) is 0 Å². The van der Waals surface area contributed by atoms with E-state index in [1.165, 1.54) is 0 Å². The summed E-state index contributed by atoms with van der Waals surface area (Å²) >= 11 is 1.82. The van der Waals surface area contributed by atoms with Gasteiger partial charge in [-0.05, 0) is 36.6 Å². The van der Waals surface area contributed by atoms with Crippen LogP contribution in [0.3, 0.4) is 0 Å². The molecule has 0 radical (unpaired) electrons. The molecule has 5 heteroatoms. The number of carbonyl (C=O) groups is 1. The van der Waals surface area contributed by atoms with E-state index in [1.54, 1.807) is 31.1 Å². The second kappa shape index (κ2) is 7.16. The van der Waals surface area contributed by atoms with E-state index in [0.29, 0.717) is 11.3 Å². The minimum Gasteiger partial charge on any atom is -0.397 e. The number of nitrogen functional groups attached to an aromatic ring is 1. The smallest absolute Gasteiger partial charge is 0.253 e. The van der Waals surface area contributed by atoms with Crippen molar-refractivity contribution in [2.75, 3.05) is 43.7 Å². The Labute approximate surface area is 113 Å². The van der Waals surface area contributed by atoms with Crippen LogP contribution in [0.2, 0.25) is 0 Å². The van der Waals surface area contributed by atoms with Crippen molar-refractivity contribution in [3.8, 4) is 0 Å². The number of amides is 1. The van der Waals surface area contributed by atoms with E-state index in [-0.39, 0.29) is 5.91 Å². The summed E-state index contributed by atoms with van der Waals surface area (Å²) in [6, 6.07) is 5.34. The van der Waals surface area contributed by atoms with Gasteiger partial charge in [-0.15, -0.1) is 0 Å². The maximum absolute atomic E-state index is 11.8. The molecular formula is C13H21N3OS. The Bertz CT molecular complexity index is 407. The molecule has 0 saturated heterocycles. The Morgan fingerprint density at radius 3 is 2.78 bits per heavy atom. The summed E-state index contributed by atoms with van der Waals surface area (Å²) in [7, 11) is 3.48. The lowest BCUT2D eigenvalue weighted by Crippen LogP contribution is -2.21. The Hall–Kier alpha value is -1.36. The zero-order valence-corrected chi connectivity index (χ0v) is 12.0. The lowest BCUT2D eigenvalue weighted by molar-refractivity contribution is 0.0827. The minimum atomic E-state index is -0.0119. The van der Waals surface area contributed by atoms with Crippen LogP contribution in [0.4, 0.5) is 11.4 Å². The second-order valence-corrected chi connectivity index (χ2v) is 5.26. The Balaban J connectivity index is 2.72. The van der Waals surface area contributed by atoms with Crippen molar-refractivity contribution in [1.29, 1.82) is 0 Å². The van der Waals surface area contributed by atoms with Crippen molar-refractivity contribution >= 4 is 29.0 Å². The van der Waals surface area contributed by atoms with Gasteiger partial charge >= 0.3 is 0 Å². The first-order chi connectivity index (χ1) is 8.56. The van der Waals surface area contributed by atoms with E-state index in [4.69, 9.17) is 5.73 Å². The van der Waals surface area contributed by atoms with Crippen molar-refractivity contribution in [3.63, 3.8) is 0 Å². The van der Waals surface area contributed by atoms with Crippen LogP contribution in [0.5, 0.6) is 0 Å². The largest absolute Gasteiger partial charge is 0.397 e. The molecule has 1 rings (SSSR count). The van der Waals surface area contributed by atoms with Gasteiger partial charge in [-0.1, -0.05) is 0 Å². The predicted octanol–water partition coefficient (Wildman–Crippen LogP) is 2.14. The van der Waals surface area contributed by atoms with Crippen LogP contribution >= 0.6 is 11.8 Å². The van der Waals surface area contributed by atoms with Crippen molar-refractivity contribution in [3.05, 3.63) is 23.8 Å². The highest BCUT2D eigenvalue weighted by molar-refractivity contribution is 7.98. The molecule has 0 aliphatic carbocycles. The third-order valence-electron chi connectivity index (χ3n) is 2.55. The molecule has 0 saturated carbocycles. The first-order valence-corrected chi connectivity index (χ1v) is 7.29. The molecule has 0 aliphatic rings. The SMILES string of the molecule is CSCCCNc1cc(C(=O)N(C)C)ccc1N. The zero-order valence-electron chi connectivity index (χ0n) is 11.2. The number of rotatable bonds is 6. The fourth-order valence-corrected chi connectivity index (χ4v) is 1.97. The molecule has 1 aromatic rings. The van der Waals surface area contributed by atoms with Gasteiger partial charge in [-0.25, -0.2) is 0 Å². The molecule has 3 N–H and O–H groups in total. The van der Waals surface area contributed by atoms with Gasteiger partial charge in [0.25, 0.3) is 5.91 Å². The second-order valence-electron chi connectivity index (χ2n) is 4.27. The van der Waals surface area contributed by atoms with Crippen LogP contribution < -0.4 is 11.1 Å². The molecule has 1 amide bonds. The first-order valence-electron chi connectivity index (χ1n) is 5.90. The van der Waals surface area contributed by atoms with Crippen LogP contribution in [-0.4, -0.2) is 43.5 Å². The highest BCUT2D eigenvalue weighted by Crippen LogP contribution is 2.20. The van der Waals surface area contributed by atoms with E-state index in [0.717, 1.165) is 24.4 Å². The summed E-state index contributed by atoms with van der Waals surface area (Å²) in [6.07, 6.45) is 3.16. The van der Waals surface area contributed by atoms with E-state index >= 15 is 0 Å². The van der Waals surface area contributed by atoms with Crippen LogP contribution in [0, 0.1) is 0 Å². The van der Waals surface area contributed by atoms with Crippen LogP contribution in [-0.2, 0) is 0 Å². The van der Waals surface area contributed by atoms with Crippen LogP contribution in [0.1, 0.15) is 16.8 Å². The van der Waals surface area contributed by atoms with Crippen molar-refractivity contribution in [2.45, 2.75) is 6.42 Å². The van der Waals surface area contributed by atoms with Crippen molar-refractivity contribution < 1.29 is 4.79 Å². The van der Waals surface area contributed by atoms with Crippen molar-refractivity contribution in [2.24, 2.45) is 0 Å². The van der Waals surface area contributed by atoms with Gasteiger partial charge in [0, 0.05) is 26.2 Å². The highest BCUT2D eigenvalue weighted by atomic mass is 32.2. The maximum atomic E-state index is 11.8. The molecule has 0 unspecified atom stereocenters. The van der Waals surface area contributed by atoms with E-state index in [1.807, 2.05) is 17.8 Å². The topological polar surface area (TPSA) is 58.4 Å². The highest BCUT2D eigenvalue weighted by Gasteiger charge is 2.09. The van der Waals surface area contributed by atoms with Gasteiger partial charge in [0.15, 0.2) is 0 Å². The lowest BCUT2D eigenvalue weighted by Gasteiger charge is -2.13. The Morgan fingerprint density at radius 1 is 1.44 bits per heavy atom. The van der Waals surface area contributed by atoms with Gasteiger partial charge in [0.05, 0.1) is 11.4 Å². The number of benzene rings is 1. The van der Waals surface area contributed by atoms with Gasteiger partial charge in [-0.3, -0.25) is 4.79 Å². The summed E-state index contributed by atoms with van der Waals surface area (Å²) in [4.78, 5) is 13.4. The van der Waals surface area contributed by atoms with Crippen LogP contribution in [0.25, 0.3) is 0 Å². The quantitative estimate of drug-likeness (QED) is 0.612. The number of nitrogens with two attached hydrogens (primary N) is 1. The Morgan fingerprint density at radius 2 is 2.17 bits per heavy atom. The van der Waals surface area contributed by atoms with Crippen molar-refractivity contribution in [1.82, 2.24) is 4.90 Å². The predicted molar refractivity (Wildman–Crippen MR) is 80.4 cm³/mol. The molecule has 0 spiro atoms. The van der Waals surface area contributed by atoms with Gasteiger partial charge in [0.2, 0.25) is 0 Å². The maximum Gasteiger partial charge on any atom is 0.253 e. The van der Waals surface area contributed by atoms with Gasteiger partial charge < -0.3 is 16.0 Å². The molecule has 0 aromatic heterocycles. The fourth-order valence-electron chi connectivity index (χ4n) is 1.54. The van der Waals surface area contributed by atoms with E-state index in [2.05, 4.69) is 11.6 Å². The average Bonchev–Trinajstić information content (AvgIpc) is 2.35. The zero-order chi connectivity index (χ0) is 13.5. The molecule has 4 nitrogen and oxygen atoms in total. The number of nitrogens with zero attached hydrogens (tertiary/aromatic N) is 1. The number of anilines is 2. The monoisotopic (exact) mass is 267 g/mol. The summed E-state index contributed by atoms with van der Waals surface area (Å²) < 4.78 is 0. The van der Waals surface area contributed by atoms with E-state index < -0.39 is 0 Å². The minimum absolute atomic E-state index is 0.0119. The van der Waals surface area contributed by atoms with Crippen LogP contribution in [0.15, 0.2) is 18.2 Å². The Kier molecular flexibility index (Phi) is 5.85.